The molecule has 2 amide bonds. The predicted molar refractivity (Wildman–Crippen MR) is 113 cm³/mol. The van der Waals surface area contributed by atoms with E-state index in [1.54, 1.807) is 19.1 Å². The molecule has 0 fully saturated rings. The van der Waals surface area contributed by atoms with Crippen LogP contribution in [0, 0.1) is 6.92 Å². The van der Waals surface area contributed by atoms with Crippen molar-refractivity contribution in [1.29, 1.82) is 0 Å². The molecule has 0 aliphatic carbocycles. The first-order chi connectivity index (χ1) is 16.1. The Kier molecular flexibility index (Phi) is 7.01. The molecule has 0 aliphatic rings. The molecular weight excluding hydrogens is 502 g/mol. The standard InChI is InChI=1S/C22H16F6N2O4S/c1-13-2-8-19(9-3-13)35(32,33)30-20(31)29-16-4-6-17(7-5-16)34-18-11-14(21(23,24)25)10-15(12-18)22(26,27)28/h2-12H,1H3,(H2,29,30,31). The summed E-state index contributed by atoms with van der Waals surface area (Å²) in [5.74, 6) is -0.828. The number of carbonyl (C=O) groups excluding carboxylic acids is 1. The molecule has 0 bridgehead atoms. The molecular formula is C22H16F6N2O4S. The molecule has 35 heavy (non-hydrogen) atoms. The van der Waals surface area contributed by atoms with Crippen molar-refractivity contribution in [2.75, 3.05) is 5.32 Å². The van der Waals surface area contributed by atoms with Gasteiger partial charge in [0.15, 0.2) is 0 Å². The summed E-state index contributed by atoms with van der Waals surface area (Å²) in [4.78, 5) is 11.9. The lowest BCUT2D eigenvalue weighted by atomic mass is 10.1. The third kappa shape index (κ3) is 6.88. The Bertz CT molecular complexity index is 1290. The number of aryl methyl sites for hydroxylation is 1. The molecule has 0 aromatic heterocycles. The number of benzene rings is 3. The molecule has 0 saturated heterocycles. The van der Waals surface area contributed by atoms with Crippen LogP contribution in [-0.2, 0) is 22.4 Å². The van der Waals surface area contributed by atoms with Gasteiger partial charge in [-0.3, -0.25) is 0 Å². The number of alkyl halides is 6. The quantitative estimate of drug-likeness (QED) is 0.387. The van der Waals surface area contributed by atoms with Gasteiger partial charge in [0.25, 0.3) is 10.0 Å². The van der Waals surface area contributed by atoms with Crippen LogP contribution in [0.5, 0.6) is 11.5 Å². The van der Waals surface area contributed by atoms with Gasteiger partial charge in [-0.1, -0.05) is 17.7 Å². The van der Waals surface area contributed by atoms with E-state index < -0.39 is 45.3 Å². The second kappa shape index (κ2) is 9.49. The molecule has 3 rings (SSSR count). The van der Waals surface area contributed by atoms with E-state index in [-0.39, 0.29) is 22.4 Å². The van der Waals surface area contributed by atoms with Crippen LogP contribution < -0.4 is 14.8 Å². The second-order valence-electron chi connectivity index (χ2n) is 7.24. The fraction of sp³-hybridized carbons (Fsp3) is 0.136. The minimum Gasteiger partial charge on any atom is -0.457 e. The summed E-state index contributed by atoms with van der Waals surface area (Å²) in [5, 5.41) is 2.25. The third-order valence-corrected chi connectivity index (χ3v) is 5.81. The average molecular weight is 518 g/mol. The van der Waals surface area contributed by atoms with Crippen LogP contribution in [0.4, 0.5) is 36.8 Å². The van der Waals surface area contributed by atoms with Gasteiger partial charge in [-0.25, -0.2) is 17.9 Å². The average Bonchev–Trinajstić information content (AvgIpc) is 2.73. The Labute approximate surface area is 195 Å². The van der Waals surface area contributed by atoms with Crippen molar-refractivity contribution in [2.45, 2.75) is 24.2 Å². The van der Waals surface area contributed by atoms with Gasteiger partial charge in [-0.2, -0.15) is 26.3 Å². The summed E-state index contributed by atoms with van der Waals surface area (Å²) >= 11 is 0. The maximum absolute atomic E-state index is 13.0. The SMILES string of the molecule is Cc1ccc(S(=O)(=O)NC(=O)Nc2ccc(Oc3cc(C(F)(F)F)cc(C(F)(F)F)c3)cc2)cc1. The smallest absolute Gasteiger partial charge is 0.416 e. The molecule has 2 N–H and O–H groups in total. The van der Waals surface area contributed by atoms with Crippen LogP contribution in [0.15, 0.2) is 71.6 Å². The first-order valence-corrected chi connectivity index (χ1v) is 11.1. The number of sulfonamides is 1. The van der Waals surface area contributed by atoms with Gasteiger partial charge in [0.1, 0.15) is 11.5 Å². The van der Waals surface area contributed by atoms with Crippen molar-refractivity contribution in [2.24, 2.45) is 0 Å². The summed E-state index contributed by atoms with van der Waals surface area (Å²) in [6, 6.07) is 10.2. The van der Waals surface area contributed by atoms with Crippen LogP contribution in [-0.4, -0.2) is 14.4 Å². The molecule has 0 atom stereocenters. The zero-order valence-electron chi connectivity index (χ0n) is 17.7. The van der Waals surface area contributed by atoms with Crippen molar-refractivity contribution in [3.63, 3.8) is 0 Å². The van der Waals surface area contributed by atoms with Gasteiger partial charge < -0.3 is 10.1 Å². The van der Waals surface area contributed by atoms with Gasteiger partial charge in [0, 0.05) is 5.69 Å². The van der Waals surface area contributed by atoms with Crippen molar-refractivity contribution >= 4 is 21.7 Å². The Balaban J connectivity index is 1.71. The van der Waals surface area contributed by atoms with E-state index in [0.717, 1.165) is 17.7 Å². The van der Waals surface area contributed by atoms with E-state index in [1.807, 2.05) is 4.72 Å². The predicted octanol–water partition coefficient (Wildman–Crippen LogP) is 6.34. The number of anilines is 1. The van der Waals surface area contributed by atoms with Gasteiger partial charge >= 0.3 is 18.4 Å². The molecule has 13 heteroatoms. The molecule has 186 valence electrons. The Hall–Kier alpha value is -3.74. The van der Waals surface area contributed by atoms with Gasteiger partial charge in [0.2, 0.25) is 0 Å². The summed E-state index contributed by atoms with van der Waals surface area (Å²) in [6.45, 7) is 1.76. The summed E-state index contributed by atoms with van der Waals surface area (Å²) in [6.07, 6.45) is -10.1. The highest BCUT2D eigenvalue weighted by Gasteiger charge is 2.37. The van der Waals surface area contributed by atoms with Crippen LogP contribution in [0.1, 0.15) is 16.7 Å². The minimum absolute atomic E-state index is 0.0247. The lowest BCUT2D eigenvalue weighted by Crippen LogP contribution is -2.34. The maximum atomic E-state index is 13.0. The van der Waals surface area contributed by atoms with E-state index in [1.165, 1.54) is 24.3 Å². The lowest BCUT2D eigenvalue weighted by molar-refractivity contribution is -0.143. The number of carbonyl (C=O) groups is 1. The van der Waals surface area contributed by atoms with Crippen LogP contribution >= 0.6 is 0 Å². The summed E-state index contributed by atoms with van der Waals surface area (Å²) in [5.41, 5.74) is -2.18. The highest BCUT2D eigenvalue weighted by Crippen LogP contribution is 2.39. The molecule has 0 spiro atoms. The number of hydrogen-bond donors (Lipinski definition) is 2. The van der Waals surface area contributed by atoms with Gasteiger partial charge in [0.05, 0.1) is 16.0 Å². The molecule has 0 heterocycles. The second-order valence-corrected chi connectivity index (χ2v) is 8.92. The van der Waals surface area contributed by atoms with Crippen LogP contribution in [0.25, 0.3) is 0 Å². The highest BCUT2D eigenvalue weighted by molar-refractivity contribution is 7.90. The van der Waals surface area contributed by atoms with Crippen molar-refractivity contribution < 1.29 is 44.3 Å². The van der Waals surface area contributed by atoms with Gasteiger partial charge in [-0.05, 0) is 61.5 Å². The first-order valence-electron chi connectivity index (χ1n) is 9.61. The van der Waals surface area contributed by atoms with E-state index >= 15 is 0 Å². The topological polar surface area (TPSA) is 84.5 Å². The van der Waals surface area contributed by atoms with E-state index in [2.05, 4.69) is 5.32 Å². The number of ether oxygens (including phenoxy) is 1. The Morgan fingerprint density at radius 2 is 1.29 bits per heavy atom. The minimum atomic E-state index is -5.03. The monoisotopic (exact) mass is 518 g/mol. The summed E-state index contributed by atoms with van der Waals surface area (Å²) < 4.78 is 109. The van der Waals surface area contributed by atoms with Gasteiger partial charge in [-0.15, -0.1) is 0 Å². The number of halogens is 6. The Morgan fingerprint density at radius 1 is 0.771 bits per heavy atom. The van der Waals surface area contributed by atoms with E-state index in [4.69, 9.17) is 4.74 Å². The third-order valence-electron chi connectivity index (χ3n) is 4.47. The number of hydrogen-bond acceptors (Lipinski definition) is 4. The molecule has 0 aliphatic heterocycles. The molecule has 0 saturated carbocycles. The zero-order valence-corrected chi connectivity index (χ0v) is 18.5. The fourth-order valence-electron chi connectivity index (χ4n) is 2.78. The molecule has 0 radical (unpaired) electrons. The van der Waals surface area contributed by atoms with Crippen molar-refractivity contribution in [3.8, 4) is 11.5 Å². The number of rotatable bonds is 5. The molecule has 3 aromatic carbocycles. The highest BCUT2D eigenvalue weighted by atomic mass is 32.2. The van der Waals surface area contributed by atoms with E-state index in [9.17, 15) is 39.6 Å². The van der Waals surface area contributed by atoms with Crippen molar-refractivity contribution in [3.05, 3.63) is 83.4 Å². The largest absolute Gasteiger partial charge is 0.457 e. The summed E-state index contributed by atoms with van der Waals surface area (Å²) in [7, 11) is -4.15. The number of nitrogens with one attached hydrogen (secondary N) is 2. The molecule has 0 unspecified atom stereocenters. The lowest BCUT2D eigenvalue weighted by Gasteiger charge is -2.15. The van der Waals surface area contributed by atoms with E-state index in [0.29, 0.717) is 12.1 Å². The number of amides is 2. The fourth-order valence-corrected chi connectivity index (χ4v) is 3.69. The zero-order chi connectivity index (χ0) is 26.0. The Morgan fingerprint density at radius 3 is 1.77 bits per heavy atom. The molecule has 6 nitrogen and oxygen atoms in total. The van der Waals surface area contributed by atoms with Crippen molar-refractivity contribution in [1.82, 2.24) is 4.72 Å². The van der Waals surface area contributed by atoms with Crippen LogP contribution in [0.2, 0.25) is 0 Å². The number of urea groups is 1. The van der Waals surface area contributed by atoms with Crippen LogP contribution in [0.3, 0.4) is 0 Å². The normalized spacial score (nSPS) is 12.2. The maximum Gasteiger partial charge on any atom is 0.416 e. The molecule has 3 aromatic rings. The first kappa shape index (κ1) is 25.9.